The van der Waals surface area contributed by atoms with Gasteiger partial charge in [-0.2, -0.15) is 0 Å². The highest BCUT2D eigenvalue weighted by Gasteiger charge is 2.23. The first-order chi connectivity index (χ1) is 9.40. The van der Waals surface area contributed by atoms with Crippen LogP contribution in [0.1, 0.15) is 37.6 Å². The molecule has 110 valence electrons. The molecule has 7 nitrogen and oxygen atoms in total. The van der Waals surface area contributed by atoms with Crippen molar-refractivity contribution >= 4 is 17.5 Å². The summed E-state index contributed by atoms with van der Waals surface area (Å²) in [7, 11) is 0. The Labute approximate surface area is 117 Å². The van der Waals surface area contributed by atoms with Crippen LogP contribution < -0.4 is 4.90 Å². The van der Waals surface area contributed by atoms with Crippen LogP contribution in [0.15, 0.2) is 12.3 Å². The molecular weight excluding hydrogens is 262 g/mol. The predicted octanol–water partition coefficient (Wildman–Crippen LogP) is 2.56. The summed E-state index contributed by atoms with van der Waals surface area (Å²) < 4.78 is 0. The lowest BCUT2D eigenvalue weighted by Gasteiger charge is -2.24. The van der Waals surface area contributed by atoms with E-state index in [1.807, 2.05) is 13.8 Å². The summed E-state index contributed by atoms with van der Waals surface area (Å²) >= 11 is 0. The molecule has 0 radical (unpaired) electrons. The van der Waals surface area contributed by atoms with Crippen molar-refractivity contribution in [1.82, 2.24) is 4.98 Å². The number of rotatable bonds is 7. The zero-order valence-corrected chi connectivity index (χ0v) is 11.9. The van der Waals surface area contributed by atoms with E-state index in [0.29, 0.717) is 19.0 Å². The smallest absolute Gasteiger partial charge is 0.337 e. The second kappa shape index (κ2) is 6.83. The summed E-state index contributed by atoms with van der Waals surface area (Å²) in [4.78, 5) is 27.2. The van der Waals surface area contributed by atoms with Gasteiger partial charge in [-0.15, -0.1) is 0 Å². The zero-order chi connectivity index (χ0) is 15.3. The van der Waals surface area contributed by atoms with Gasteiger partial charge in [0.25, 0.3) is 0 Å². The standard InChI is InChI=1S/C13H19N3O4/c1-4-9(3)8-15(5-2)12-11(16(19)20)6-10(7-14-12)13(17)18/h6-7,9H,4-5,8H2,1-3H3,(H,17,18). The van der Waals surface area contributed by atoms with Gasteiger partial charge in [0.15, 0.2) is 0 Å². The first-order valence-electron chi connectivity index (χ1n) is 6.53. The van der Waals surface area contributed by atoms with E-state index in [9.17, 15) is 14.9 Å². The average Bonchev–Trinajstić information content (AvgIpc) is 2.43. The third-order valence-corrected chi connectivity index (χ3v) is 3.20. The third-order valence-electron chi connectivity index (χ3n) is 3.20. The fourth-order valence-corrected chi connectivity index (χ4v) is 1.81. The summed E-state index contributed by atoms with van der Waals surface area (Å²) in [6.45, 7) is 7.21. The second-order valence-electron chi connectivity index (χ2n) is 4.68. The molecule has 0 aliphatic rings. The summed E-state index contributed by atoms with van der Waals surface area (Å²) in [6.07, 6.45) is 2.11. The fourth-order valence-electron chi connectivity index (χ4n) is 1.81. The van der Waals surface area contributed by atoms with Crippen molar-refractivity contribution in [3.63, 3.8) is 0 Å². The summed E-state index contributed by atoms with van der Waals surface area (Å²) in [5.41, 5.74) is -0.449. The number of carbonyl (C=O) groups is 1. The van der Waals surface area contributed by atoms with Crippen molar-refractivity contribution in [2.45, 2.75) is 27.2 Å². The Morgan fingerprint density at radius 1 is 1.55 bits per heavy atom. The average molecular weight is 281 g/mol. The van der Waals surface area contributed by atoms with Crippen LogP contribution in [0.2, 0.25) is 0 Å². The van der Waals surface area contributed by atoms with Gasteiger partial charge in [-0.3, -0.25) is 10.1 Å². The fraction of sp³-hybridized carbons (Fsp3) is 0.538. The van der Waals surface area contributed by atoms with E-state index in [-0.39, 0.29) is 17.1 Å². The predicted molar refractivity (Wildman–Crippen MR) is 75.2 cm³/mol. The normalized spacial score (nSPS) is 11.9. The van der Waals surface area contributed by atoms with E-state index in [2.05, 4.69) is 11.9 Å². The van der Waals surface area contributed by atoms with Crippen LogP contribution in [-0.4, -0.2) is 34.1 Å². The number of anilines is 1. The van der Waals surface area contributed by atoms with E-state index in [0.717, 1.165) is 18.7 Å². The minimum absolute atomic E-state index is 0.181. The molecule has 1 aromatic rings. The minimum Gasteiger partial charge on any atom is -0.478 e. The number of hydrogen-bond donors (Lipinski definition) is 1. The van der Waals surface area contributed by atoms with Gasteiger partial charge in [0.1, 0.15) is 0 Å². The number of carboxylic acid groups (broad SMARTS) is 1. The highest BCUT2D eigenvalue weighted by Crippen LogP contribution is 2.27. The first-order valence-corrected chi connectivity index (χ1v) is 6.53. The molecule has 1 atom stereocenters. The molecule has 20 heavy (non-hydrogen) atoms. The lowest BCUT2D eigenvalue weighted by Crippen LogP contribution is -2.29. The number of nitro groups is 1. The van der Waals surface area contributed by atoms with Crippen LogP contribution in [0.25, 0.3) is 0 Å². The Morgan fingerprint density at radius 3 is 2.65 bits per heavy atom. The van der Waals surface area contributed by atoms with Gasteiger partial charge >= 0.3 is 11.7 Å². The van der Waals surface area contributed by atoms with Crippen LogP contribution >= 0.6 is 0 Å². The Morgan fingerprint density at radius 2 is 2.20 bits per heavy atom. The molecule has 0 aliphatic heterocycles. The molecule has 7 heteroatoms. The van der Waals surface area contributed by atoms with Gasteiger partial charge in [-0.1, -0.05) is 20.3 Å². The van der Waals surface area contributed by atoms with Crippen molar-refractivity contribution in [3.05, 3.63) is 27.9 Å². The largest absolute Gasteiger partial charge is 0.478 e. The van der Waals surface area contributed by atoms with Crippen molar-refractivity contribution in [2.75, 3.05) is 18.0 Å². The van der Waals surface area contributed by atoms with E-state index >= 15 is 0 Å². The number of aromatic nitrogens is 1. The minimum atomic E-state index is -1.22. The van der Waals surface area contributed by atoms with E-state index in [1.165, 1.54) is 0 Å². The van der Waals surface area contributed by atoms with Crippen LogP contribution in [-0.2, 0) is 0 Å². The zero-order valence-electron chi connectivity index (χ0n) is 11.9. The quantitative estimate of drug-likeness (QED) is 0.609. The number of aromatic carboxylic acids is 1. The maximum Gasteiger partial charge on any atom is 0.337 e. The van der Waals surface area contributed by atoms with E-state index in [1.54, 1.807) is 4.90 Å². The molecule has 0 fully saturated rings. The molecule has 1 N–H and O–H groups in total. The van der Waals surface area contributed by atoms with Gasteiger partial charge in [-0.05, 0) is 12.8 Å². The molecule has 1 heterocycles. The maximum absolute atomic E-state index is 11.1. The molecular formula is C13H19N3O4. The molecule has 0 aromatic carbocycles. The Kier molecular flexibility index (Phi) is 5.42. The molecule has 0 bridgehead atoms. The van der Waals surface area contributed by atoms with Crippen molar-refractivity contribution in [2.24, 2.45) is 5.92 Å². The summed E-state index contributed by atoms with van der Waals surface area (Å²) in [5.74, 6) is -0.629. The molecule has 0 aliphatic carbocycles. The van der Waals surface area contributed by atoms with Crippen LogP contribution in [0.3, 0.4) is 0 Å². The number of nitrogens with zero attached hydrogens (tertiary/aromatic N) is 3. The van der Waals surface area contributed by atoms with Crippen molar-refractivity contribution in [3.8, 4) is 0 Å². The van der Waals surface area contributed by atoms with Crippen LogP contribution in [0, 0.1) is 16.0 Å². The van der Waals surface area contributed by atoms with Gasteiger partial charge in [0, 0.05) is 25.4 Å². The molecule has 0 saturated heterocycles. The molecule has 1 aromatic heterocycles. The van der Waals surface area contributed by atoms with Crippen molar-refractivity contribution in [1.29, 1.82) is 0 Å². The topological polar surface area (TPSA) is 96.6 Å². The van der Waals surface area contributed by atoms with Gasteiger partial charge in [0.2, 0.25) is 5.82 Å². The monoisotopic (exact) mass is 281 g/mol. The number of pyridine rings is 1. The molecule has 0 spiro atoms. The Bertz CT molecular complexity index is 504. The highest BCUT2D eigenvalue weighted by atomic mass is 16.6. The van der Waals surface area contributed by atoms with Crippen LogP contribution in [0.5, 0.6) is 0 Å². The lowest BCUT2D eigenvalue weighted by atomic mass is 10.1. The third kappa shape index (κ3) is 3.66. The van der Waals surface area contributed by atoms with Gasteiger partial charge < -0.3 is 10.0 Å². The molecule has 1 rings (SSSR count). The van der Waals surface area contributed by atoms with Gasteiger partial charge in [0.05, 0.1) is 10.5 Å². The first kappa shape index (κ1) is 15.9. The molecule has 0 amide bonds. The van der Waals surface area contributed by atoms with Crippen molar-refractivity contribution < 1.29 is 14.8 Å². The molecule has 0 saturated carbocycles. The molecule has 1 unspecified atom stereocenters. The Hall–Kier alpha value is -2.18. The van der Waals surface area contributed by atoms with E-state index < -0.39 is 10.9 Å². The highest BCUT2D eigenvalue weighted by molar-refractivity contribution is 5.88. The maximum atomic E-state index is 11.1. The summed E-state index contributed by atoms with van der Waals surface area (Å²) in [6, 6.07) is 1.06. The SMILES string of the molecule is CCC(C)CN(CC)c1ncc(C(=O)O)cc1[N+](=O)[O-]. The lowest BCUT2D eigenvalue weighted by molar-refractivity contribution is -0.384. The number of carboxylic acids is 1. The van der Waals surface area contributed by atoms with E-state index in [4.69, 9.17) is 5.11 Å². The van der Waals surface area contributed by atoms with Gasteiger partial charge in [-0.25, -0.2) is 9.78 Å². The second-order valence-corrected chi connectivity index (χ2v) is 4.68. The Balaban J connectivity index is 3.20. The summed E-state index contributed by atoms with van der Waals surface area (Å²) in [5, 5.41) is 20.0. The number of hydrogen-bond acceptors (Lipinski definition) is 5. The van der Waals surface area contributed by atoms with Crippen LogP contribution in [0.4, 0.5) is 11.5 Å².